The van der Waals surface area contributed by atoms with Crippen LogP contribution in [0.25, 0.3) is 0 Å². The molecule has 1 heterocycles. The Bertz CT molecular complexity index is 805. The van der Waals surface area contributed by atoms with Crippen LogP contribution in [-0.4, -0.2) is 47.4 Å². The normalized spacial score (nSPS) is 10.2. The largest absolute Gasteiger partial charge is 0.462 e. The zero-order valence-electron chi connectivity index (χ0n) is 14.7. The van der Waals surface area contributed by atoms with Gasteiger partial charge >= 0.3 is 5.97 Å². The van der Waals surface area contributed by atoms with Gasteiger partial charge in [-0.25, -0.2) is 9.78 Å². The van der Waals surface area contributed by atoms with E-state index < -0.39 is 5.97 Å². The van der Waals surface area contributed by atoms with Crippen LogP contribution in [-0.2, 0) is 4.74 Å². The number of nitrogens with two attached hydrogens (primary N) is 1. The van der Waals surface area contributed by atoms with Crippen LogP contribution in [0.4, 0.5) is 17.5 Å². The number of aromatic nitrogens is 2. The van der Waals surface area contributed by atoms with E-state index in [1.54, 1.807) is 33.2 Å². The molecular weight excluding hydrogens is 322 g/mol. The van der Waals surface area contributed by atoms with E-state index in [-0.39, 0.29) is 29.8 Å². The number of rotatable bonds is 5. The molecular formula is C17H21N5O3. The molecule has 2 rings (SSSR count). The SMILES string of the molecule is CCOC(=O)c1cnc(Nc2ccc(C(=O)N(C)C)c(C)c2)nc1N. The summed E-state index contributed by atoms with van der Waals surface area (Å²) in [6, 6.07) is 5.30. The summed E-state index contributed by atoms with van der Waals surface area (Å²) in [5.41, 5.74) is 8.06. The molecule has 8 heteroatoms. The lowest BCUT2D eigenvalue weighted by atomic mass is 10.1. The molecule has 1 aromatic heterocycles. The highest BCUT2D eigenvalue weighted by molar-refractivity contribution is 5.96. The maximum absolute atomic E-state index is 12.1. The van der Waals surface area contributed by atoms with Crippen LogP contribution in [0.1, 0.15) is 33.2 Å². The van der Waals surface area contributed by atoms with E-state index in [4.69, 9.17) is 10.5 Å². The number of nitrogens with one attached hydrogen (secondary N) is 1. The number of nitrogens with zero attached hydrogens (tertiary/aromatic N) is 3. The lowest BCUT2D eigenvalue weighted by Gasteiger charge is -2.14. The molecule has 0 aliphatic carbocycles. The Morgan fingerprint density at radius 1 is 1.28 bits per heavy atom. The molecule has 0 atom stereocenters. The second kappa shape index (κ2) is 7.61. The molecule has 8 nitrogen and oxygen atoms in total. The van der Waals surface area contributed by atoms with Crippen LogP contribution < -0.4 is 11.1 Å². The van der Waals surface area contributed by atoms with E-state index in [1.165, 1.54) is 11.1 Å². The number of carbonyl (C=O) groups excluding carboxylic acids is 2. The van der Waals surface area contributed by atoms with Gasteiger partial charge in [0, 0.05) is 31.5 Å². The highest BCUT2D eigenvalue weighted by atomic mass is 16.5. The van der Waals surface area contributed by atoms with Gasteiger partial charge in [-0.1, -0.05) is 0 Å². The number of carbonyl (C=O) groups is 2. The van der Waals surface area contributed by atoms with Crippen molar-refractivity contribution in [2.24, 2.45) is 0 Å². The number of nitrogen functional groups attached to an aromatic ring is 1. The predicted octanol–water partition coefficient (Wildman–Crippen LogP) is 1.99. The third-order valence-electron chi connectivity index (χ3n) is 3.43. The lowest BCUT2D eigenvalue weighted by Crippen LogP contribution is -2.22. The molecule has 25 heavy (non-hydrogen) atoms. The molecule has 0 fully saturated rings. The number of hydrogen-bond donors (Lipinski definition) is 2. The monoisotopic (exact) mass is 343 g/mol. The van der Waals surface area contributed by atoms with E-state index in [0.29, 0.717) is 11.3 Å². The third-order valence-corrected chi connectivity index (χ3v) is 3.43. The van der Waals surface area contributed by atoms with Crippen molar-refractivity contribution < 1.29 is 14.3 Å². The van der Waals surface area contributed by atoms with Gasteiger partial charge in [-0.2, -0.15) is 4.98 Å². The van der Waals surface area contributed by atoms with E-state index in [1.807, 2.05) is 13.0 Å². The summed E-state index contributed by atoms with van der Waals surface area (Å²) >= 11 is 0. The fourth-order valence-corrected chi connectivity index (χ4v) is 2.17. The number of benzene rings is 1. The highest BCUT2D eigenvalue weighted by Gasteiger charge is 2.14. The predicted molar refractivity (Wildman–Crippen MR) is 94.9 cm³/mol. The van der Waals surface area contributed by atoms with Crippen molar-refractivity contribution in [1.29, 1.82) is 0 Å². The Kier molecular flexibility index (Phi) is 5.53. The zero-order chi connectivity index (χ0) is 18.6. The van der Waals surface area contributed by atoms with Gasteiger partial charge in [0.2, 0.25) is 5.95 Å². The topological polar surface area (TPSA) is 110 Å². The molecule has 3 N–H and O–H groups in total. The molecule has 0 bridgehead atoms. The maximum Gasteiger partial charge on any atom is 0.343 e. The first-order valence-corrected chi connectivity index (χ1v) is 7.72. The quantitative estimate of drug-likeness (QED) is 0.799. The minimum absolute atomic E-state index is 0.0343. The van der Waals surface area contributed by atoms with E-state index in [0.717, 1.165) is 5.56 Å². The molecule has 1 amide bonds. The average molecular weight is 343 g/mol. The summed E-state index contributed by atoms with van der Waals surface area (Å²) in [4.78, 5) is 33.4. The Morgan fingerprint density at radius 3 is 2.56 bits per heavy atom. The van der Waals surface area contributed by atoms with E-state index >= 15 is 0 Å². The van der Waals surface area contributed by atoms with Crippen LogP contribution in [0, 0.1) is 6.92 Å². The Balaban J connectivity index is 2.20. The lowest BCUT2D eigenvalue weighted by molar-refractivity contribution is 0.0526. The molecule has 1 aromatic carbocycles. The molecule has 0 saturated heterocycles. The van der Waals surface area contributed by atoms with Crippen molar-refractivity contribution in [3.8, 4) is 0 Å². The fraction of sp³-hybridized carbons (Fsp3) is 0.294. The van der Waals surface area contributed by atoms with Crippen LogP contribution in [0.15, 0.2) is 24.4 Å². The van der Waals surface area contributed by atoms with Gasteiger partial charge in [0.25, 0.3) is 5.91 Å². The van der Waals surface area contributed by atoms with Crippen molar-refractivity contribution in [3.05, 3.63) is 41.1 Å². The maximum atomic E-state index is 12.1. The van der Waals surface area contributed by atoms with Crippen LogP contribution in [0.2, 0.25) is 0 Å². The Labute approximate surface area is 146 Å². The Hall–Kier alpha value is -3.16. The standard InChI is InChI=1S/C17H21N5O3/c1-5-25-16(24)13-9-19-17(21-14(13)18)20-11-6-7-12(10(2)8-11)15(23)22(3)4/h6-9H,5H2,1-4H3,(H3,18,19,20,21). The van der Waals surface area contributed by atoms with Gasteiger partial charge in [-0.05, 0) is 37.6 Å². The summed E-state index contributed by atoms with van der Waals surface area (Å²) in [6.45, 7) is 3.80. The van der Waals surface area contributed by atoms with E-state index in [9.17, 15) is 9.59 Å². The Morgan fingerprint density at radius 2 is 2.00 bits per heavy atom. The molecule has 0 aliphatic rings. The summed E-state index contributed by atoms with van der Waals surface area (Å²) in [6.07, 6.45) is 1.32. The number of ether oxygens (including phenoxy) is 1. The molecule has 0 unspecified atom stereocenters. The number of amides is 1. The molecule has 0 radical (unpaired) electrons. The molecule has 0 saturated carbocycles. The van der Waals surface area contributed by atoms with Gasteiger partial charge in [0.15, 0.2) is 0 Å². The molecule has 0 spiro atoms. The zero-order valence-corrected chi connectivity index (χ0v) is 14.7. The first-order chi connectivity index (χ1) is 11.8. The fourth-order valence-electron chi connectivity index (χ4n) is 2.17. The average Bonchev–Trinajstić information content (AvgIpc) is 2.54. The summed E-state index contributed by atoms with van der Waals surface area (Å²) in [5, 5.41) is 3.00. The highest BCUT2D eigenvalue weighted by Crippen LogP contribution is 2.20. The van der Waals surface area contributed by atoms with Gasteiger partial charge in [-0.15, -0.1) is 0 Å². The summed E-state index contributed by atoms with van der Waals surface area (Å²) in [5.74, 6) is -0.346. The molecule has 132 valence electrons. The number of anilines is 3. The summed E-state index contributed by atoms with van der Waals surface area (Å²) in [7, 11) is 3.41. The van der Waals surface area contributed by atoms with Crippen LogP contribution >= 0.6 is 0 Å². The number of hydrogen-bond acceptors (Lipinski definition) is 7. The van der Waals surface area contributed by atoms with Crippen molar-refractivity contribution in [2.45, 2.75) is 13.8 Å². The smallest absolute Gasteiger partial charge is 0.343 e. The first-order valence-electron chi connectivity index (χ1n) is 7.72. The number of aryl methyl sites for hydroxylation is 1. The first kappa shape index (κ1) is 18.2. The van der Waals surface area contributed by atoms with Gasteiger partial charge < -0.3 is 20.7 Å². The van der Waals surface area contributed by atoms with E-state index in [2.05, 4.69) is 15.3 Å². The van der Waals surface area contributed by atoms with Gasteiger partial charge in [0.1, 0.15) is 11.4 Å². The number of esters is 1. The summed E-state index contributed by atoms with van der Waals surface area (Å²) < 4.78 is 4.88. The van der Waals surface area contributed by atoms with Crippen molar-refractivity contribution in [3.63, 3.8) is 0 Å². The second-order valence-electron chi connectivity index (χ2n) is 5.57. The van der Waals surface area contributed by atoms with Gasteiger partial charge in [0.05, 0.1) is 6.61 Å². The molecule has 2 aromatic rings. The van der Waals surface area contributed by atoms with Crippen molar-refractivity contribution >= 4 is 29.3 Å². The van der Waals surface area contributed by atoms with Crippen molar-refractivity contribution in [1.82, 2.24) is 14.9 Å². The van der Waals surface area contributed by atoms with Crippen molar-refractivity contribution in [2.75, 3.05) is 31.8 Å². The van der Waals surface area contributed by atoms with Crippen LogP contribution in [0.5, 0.6) is 0 Å². The third kappa shape index (κ3) is 4.23. The minimum atomic E-state index is -0.561. The van der Waals surface area contributed by atoms with Crippen LogP contribution in [0.3, 0.4) is 0 Å². The molecule has 0 aliphatic heterocycles. The minimum Gasteiger partial charge on any atom is -0.462 e. The van der Waals surface area contributed by atoms with Gasteiger partial charge in [-0.3, -0.25) is 4.79 Å². The second-order valence-corrected chi connectivity index (χ2v) is 5.57.